The van der Waals surface area contributed by atoms with Gasteiger partial charge in [0.25, 0.3) is 0 Å². The Morgan fingerprint density at radius 2 is 1.93 bits per heavy atom. The van der Waals surface area contributed by atoms with Crippen molar-refractivity contribution in [1.29, 1.82) is 0 Å². The summed E-state index contributed by atoms with van der Waals surface area (Å²) in [6, 6.07) is 11.7. The number of para-hydroxylation sites is 1. The second-order valence-corrected chi connectivity index (χ2v) is 8.29. The lowest BCUT2D eigenvalue weighted by molar-refractivity contribution is 0.0352. The minimum Gasteiger partial charge on any atom is -0.496 e. The highest BCUT2D eigenvalue weighted by Gasteiger charge is 2.54. The highest BCUT2D eigenvalue weighted by molar-refractivity contribution is 5.87. The molecule has 2 aromatic heterocycles. The van der Waals surface area contributed by atoms with Crippen LogP contribution in [0.3, 0.4) is 0 Å². The minimum atomic E-state index is 0.424. The number of methoxy groups -OCH3 is 1. The first-order valence-corrected chi connectivity index (χ1v) is 10.3. The second kappa shape index (κ2) is 6.21. The third kappa shape index (κ3) is 2.24. The first kappa shape index (κ1) is 16.4. The van der Waals surface area contributed by atoms with E-state index in [1.807, 2.05) is 6.20 Å². The lowest BCUT2D eigenvalue weighted by Crippen LogP contribution is -2.60. The molecule has 4 aliphatic heterocycles. The van der Waals surface area contributed by atoms with E-state index in [-0.39, 0.29) is 0 Å². The van der Waals surface area contributed by atoms with Crippen LogP contribution in [0.25, 0.3) is 11.0 Å². The summed E-state index contributed by atoms with van der Waals surface area (Å²) in [5.41, 5.74) is 2.25. The number of rotatable bonds is 3. The number of anilines is 1. The summed E-state index contributed by atoms with van der Waals surface area (Å²) in [6.07, 6.45) is 6.24. The largest absolute Gasteiger partial charge is 0.496 e. The van der Waals surface area contributed by atoms with Gasteiger partial charge in [0.15, 0.2) is 0 Å². The molecular weight excluding hydrogens is 350 g/mol. The van der Waals surface area contributed by atoms with E-state index >= 15 is 0 Å². The Morgan fingerprint density at radius 3 is 2.79 bits per heavy atom. The summed E-state index contributed by atoms with van der Waals surface area (Å²) in [6.45, 7) is 3.41. The molecule has 28 heavy (non-hydrogen) atoms. The molecule has 1 N–H and O–H groups in total. The molecule has 1 aromatic carbocycles. The van der Waals surface area contributed by atoms with Gasteiger partial charge >= 0.3 is 0 Å². The number of benzene rings is 1. The van der Waals surface area contributed by atoms with Gasteiger partial charge in [0.05, 0.1) is 12.5 Å². The molecule has 4 aliphatic rings. The predicted molar refractivity (Wildman–Crippen MR) is 109 cm³/mol. The summed E-state index contributed by atoms with van der Waals surface area (Å²) in [7, 11) is 1.78. The molecule has 0 aliphatic carbocycles. The van der Waals surface area contributed by atoms with Crippen LogP contribution in [0.1, 0.15) is 24.3 Å². The Bertz CT molecular complexity index is 1010. The Morgan fingerprint density at radius 1 is 1.07 bits per heavy atom. The van der Waals surface area contributed by atoms with Crippen LogP contribution in [0.2, 0.25) is 0 Å². The summed E-state index contributed by atoms with van der Waals surface area (Å²) >= 11 is 0. The molecule has 2 bridgehead atoms. The van der Waals surface area contributed by atoms with Gasteiger partial charge in [0.1, 0.15) is 23.5 Å². The molecule has 3 aromatic rings. The summed E-state index contributed by atoms with van der Waals surface area (Å²) in [5.74, 6) is 3.24. The Kier molecular flexibility index (Phi) is 3.63. The normalized spacial score (nSPS) is 31.3. The molecule has 0 radical (unpaired) electrons. The molecule has 6 nitrogen and oxygen atoms in total. The zero-order valence-electron chi connectivity index (χ0n) is 16.1. The number of aromatic amines is 1. The maximum atomic E-state index is 5.75. The SMILES string of the molecule is COc1ccccc1[C@@H]1CN(c2ncnc3[nH]ccc23)[C@H]2C3CCN(CC3)[C@@H]12. The zero-order valence-corrected chi connectivity index (χ0v) is 16.1. The third-order valence-corrected chi connectivity index (χ3v) is 7.14. The number of ether oxygens (including phenoxy) is 1. The molecule has 144 valence electrons. The van der Waals surface area contributed by atoms with Gasteiger partial charge in [-0.3, -0.25) is 4.90 Å². The number of fused-ring (bicyclic) bond motifs is 3. The topological polar surface area (TPSA) is 57.3 Å². The predicted octanol–water partition coefficient (Wildman–Crippen LogP) is 3.03. The van der Waals surface area contributed by atoms with Crippen LogP contribution in [0.4, 0.5) is 5.82 Å². The van der Waals surface area contributed by atoms with E-state index in [0.29, 0.717) is 18.0 Å². The molecule has 0 saturated carbocycles. The highest BCUT2D eigenvalue weighted by Crippen LogP contribution is 2.49. The average Bonchev–Trinajstić information content (AvgIpc) is 3.40. The minimum absolute atomic E-state index is 0.424. The Balaban J connectivity index is 1.49. The van der Waals surface area contributed by atoms with E-state index in [1.54, 1.807) is 13.4 Å². The van der Waals surface area contributed by atoms with Gasteiger partial charge in [-0.05, 0) is 44.0 Å². The lowest BCUT2D eigenvalue weighted by Gasteiger charge is -2.51. The number of piperidine rings is 3. The van der Waals surface area contributed by atoms with Gasteiger partial charge in [-0.2, -0.15) is 0 Å². The Labute approximate surface area is 164 Å². The van der Waals surface area contributed by atoms with Crippen LogP contribution in [-0.4, -0.2) is 58.7 Å². The summed E-state index contributed by atoms with van der Waals surface area (Å²) < 4.78 is 5.75. The molecule has 4 fully saturated rings. The zero-order chi connectivity index (χ0) is 18.7. The van der Waals surface area contributed by atoms with Crippen LogP contribution < -0.4 is 9.64 Å². The van der Waals surface area contributed by atoms with Crippen molar-refractivity contribution in [2.75, 3.05) is 31.6 Å². The van der Waals surface area contributed by atoms with E-state index in [1.165, 1.54) is 31.5 Å². The Hall–Kier alpha value is -2.60. The maximum Gasteiger partial charge on any atom is 0.142 e. The van der Waals surface area contributed by atoms with Crippen molar-refractivity contribution >= 4 is 16.9 Å². The molecule has 6 heterocycles. The molecule has 0 unspecified atom stereocenters. The van der Waals surface area contributed by atoms with Gasteiger partial charge in [-0.1, -0.05) is 18.2 Å². The first-order chi connectivity index (χ1) is 13.8. The number of nitrogens with zero attached hydrogens (tertiary/aromatic N) is 4. The molecule has 0 spiro atoms. The van der Waals surface area contributed by atoms with E-state index in [0.717, 1.165) is 35.1 Å². The van der Waals surface area contributed by atoms with Crippen molar-refractivity contribution < 1.29 is 4.74 Å². The van der Waals surface area contributed by atoms with Gasteiger partial charge < -0.3 is 14.6 Å². The van der Waals surface area contributed by atoms with Crippen molar-refractivity contribution in [3.63, 3.8) is 0 Å². The molecule has 7 rings (SSSR count). The fraction of sp³-hybridized carbons (Fsp3) is 0.455. The lowest BCUT2D eigenvalue weighted by atomic mass is 9.75. The van der Waals surface area contributed by atoms with E-state index in [2.05, 4.69) is 50.1 Å². The average molecular weight is 375 g/mol. The van der Waals surface area contributed by atoms with Crippen molar-refractivity contribution in [3.05, 3.63) is 48.4 Å². The first-order valence-electron chi connectivity index (χ1n) is 10.3. The van der Waals surface area contributed by atoms with E-state index in [9.17, 15) is 0 Å². The maximum absolute atomic E-state index is 5.75. The molecular formula is C22H25N5O. The van der Waals surface area contributed by atoms with E-state index in [4.69, 9.17) is 9.72 Å². The second-order valence-electron chi connectivity index (χ2n) is 8.29. The number of H-pyrrole nitrogens is 1. The van der Waals surface area contributed by atoms with Gasteiger partial charge in [0.2, 0.25) is 0 Å². The standard InChI is InChI=1S/C22H25N5O/c1-28-18-5-3-2-4-15(18)17-12-27(19-14-7-10-26(11-8-14)20(17)19)22-16-6-9-23-21(16)24-13-25-22/h2-6,9,13-14,17,19-20H,7-8,10-12H2,1H3,(H,23,24,25)/t17-,19-,20-/m0/s1. The van der Waals surface area contributed by atoms with Crippen LogP contribution in [-0.2, 0) is 0 Å². The van der Waals surface area contributed by atoms with Crippen molar-refractivity contribution in [1.82, 2.24) is 19.9 Å². The summed E-state index contributed by atoms with van der Waals surface area (Å²) in [5, 5.41) is 1.12. The quantitative estimate of drug-likeness (QED) is 0.763. The number of hydrogen-bond donors (Lipinski definition) is 1. The number of aromatic nitrogens is 3. The molecule has 0 amide bonds. The summed E-state index contributed by atoms with van der Waals surface area (Å²) in [4.78, 5) is 17.7. The fourth-order valence-electron chi connectivity index (χ4n) is 6.00. The number of hydrogen-bond acceptors (Lipinski definition) is 5. The van der Waals surface area contributed by atoms with Gasteiger partial charge in [0, 0.05) is 36.3 Å². The highest BCUT2D eigenvalue weighted by atomic mass is 16.5. The molecule has 4 saturated heterocycles. The van der Waals surface area contributed by atoms with Crippen molar-refractivity contribution in [2.24, 2.45) is 5.92 Å². The number of nitrogens with one attached hydrogen (secondary N) is 1. The van der Waals surface area contributed by atoms with Crippen LogP contribution in [0.15, 0.2) is 42.9 Å². The van der Waals surface area contributed by atoms with Crippen LogP contribution in [0.5, 0.6) is 5.75 Å². The smallest absolute Gasteiger partial charge is 0.142 e. The van der Waals surface area contributed by atoms with E-state index < -0.39 is 0 Å². The van der Waals surface area contributed by atoms with Gasteiger partial charge in [-0.15, -0.1) is 0 Å². The molecule has 3 atom stereocenters. The monoisotopic (exact) mass is 375 g/mol. The van der Waals surface area contributed by atoms with Crippen LogP contribution in [0, 0.1) is 5.92 Å². The van der Waals surface area contributed by atoms with Crippen molar-refractivity contribution in [2.45, 2.75) is 30.8 Å². The van der Waals surface area contributed by atoms with Crippen LogP contribution >= 0.6 is 0 Å². The molecule has 6 heteroatoms. The fourth-order valence-corrected chi connectivity index (χ4v) is 6.00. The van der Waals surface area contributed by atoms with Gasteiger partial charge in [-0.25, -0.2) is 9.97 Å². The van der Waals surface area contributed by atoms with Crippen molar-refractivity contribution in [3.8, 4) is 5.75 Å². The third-order valence-electron chi connectivity index (χ3n) is 7.14.